The van der Waals surface area contributed by atoms with Crippen LogP contribution in [0.25, 0.3) is 0 Å². The Morgan fingerprint density at radius 2 is 2.10 bits per heavy atom. The average Bonchev–Trinajstić information content (AvgIpc) is 3.28. The fourth-order valence-electron chi connectivity index (χ4n) is 2.09. The van der Waals surface area contributed by atoms with Crippen molar-refractivity contribution in [2.24, 2.45) is 0 Å². The molecule has 0 radical (unpaired) electrons. The summed E-state index contributed by atoms with van der Waals surface area (Å²) in [6.07, 6.45) is 2.35. The molecule has 1 saturated carbocycles. The van der Waals surface area contributed by atoms with Gasteiger partial charge in [0.15, 0.2) is 0 Å². The van der Waals surface area contributed by atoms with E-state index in [9.17, 15) is 0 Å². The molecule has 21 heavy (non-hydrogen) atoms. The Labute approximate surface area is 133 Å². The molecule has 2 aromatic rings. The van der Waals surface area contributed by atoms with Crippen LogP contribution in [0, 0.1) is 6.92 Å². The molecule has 0 spiro atoms. The Balaban J connectivity index is 1.87. The summed E-state index contributed by atoms with van der Waals surface area (Å²) in [6, 6.07) is 7.77. The van der Waals surface area contributed by atoms with E-state index in [0.29, 0.717) is 11.8 Å². The van der Waals surface area contributed by atoms with Crippen molar-refractivity contribution in [1.82, 2.24) is 9.97 Å². The molecule has 1 N–H and O–H groups in total. The minimum atomic E-state index is 0.498. The number of nitrogens with one attached hydrogen (secondary N) is 1. The standard InChI is InChI=1S/C16H18BrN3O/c1-3-18-14-9-15(20-16(19-14)11-4-5-11)21-12-6-7-13(17)10(2)8-12/h6-9,11H,3-5H2,1-2H3,(H,18,19,20). The molecule has 1 aromatic heterocycles. The summed E-state index contributed by atoms with van der Waals surface area (Å²) >= 11 is 3.49. The number of anilines is 1. The van der Waals surface area contributed by atoms with Gasteiger partial charge in [-0.2, -0.15) is 4.98 Å². The van der Waals surface area contributed by atoms with E-state index in [1.807, 2.05) is 31.2 Å². The number of rotatable bonds is 5. The molecule has 1 fully saturated rings. The second-order valence-electron chi connectivity index (χ2n) is 5.27. The van der Waals surface area contributed by atoms with Crippen LogP contribution < -0.4 is 10.1 Å². The van der Waals surface area contributed by atoms with Crippen LogP contribution in [0.2, 0.25) is 0 Å². The molecule has 4 nitrogen and oxygen atoms in total. The SMILES string of the molecule is CCNc1cc(Oc2ccc(Br)c(C)c2)nc(C2CC2)n1. The van der Waals surface area contributed by atoms with Gasteiger partial charge in [-0.05, 0) is 50.5 Å². The van der Waals surface area contributed by atoms with Gasteiger partial charge in [-0.25, -0.2) is 4.98 Å². The predicted molar refractivity (Wildman–Crippen MR) is 87.1 cm³/mol. The lowest BCUT2D eigenvalue weighted by molar-refractivity contribution is 0.458. The number of benzene rings is 1. The fraction of sp³-hybridized carbons (Fsp3) is 0.375. The van der Waals surface area contributed by atoms with Gasteiger partial charge < -0.3 is 10.1 Å². The fourth-order valence-corrected chi connectivity index (χ4v) is 2.34. The highest BCUT2D eigenvalue weighted by Gasteiger charge is 2.27. The molecule has 5 heteroatoms. The Morgan fingerprint density at radius 1 is 1.29 bits per heavy atom. The van der Waals surface area contributed by atoms with Crippen molar-refractivity contribution in [1.29, 1.82) is 0 Å². The number of ether oxygens (including phenoxy) is 1. The zero-order valence-corrected chi connectivity index (χ0v) is 13.8. The Bertz CT molecular complexity index is 656. The predicted octanol–water partition coefficient (Wildman–Crippen LogP) is 4.65. The van der Waals surface area contributed by atoms with Crippen molar-refractivity contribution in [3.63, 3.8) is 0 Å². The molecule has 1 aliphatic carbocycles. The third-order valence-electron chi connectivity index (χ3n) is 3.37. The molecule has 110 valence electrons. The molecule has 0 amide bonds. The summed E-state index contributed by atoms with van der Waals surface area (Å²) in [5.74, 6) is 3.61. The third-order valence-corrected chi connectivity index (χ3v) is 4.26. The van der Waals surface area contributed by atoms with Gasteiger partial charge in [0.2, 0.25) is 5.88 Å². The smallest absolute Gasteiger partial charge is 0.224 e. The number of hydrogen-bond acceptors (Lipinski definition) is 4. The van der Waals surface area contributed by atoms with E-state index >= 15 is 0 Å². The second-order valence-corrected chi connectivity index (χ2v) is 6.12. The summed E-state index contributed by atoms with van der Waals surface area (Å²) < 4.78 is 6.98. The maximum atomic E-state index is 5.91. The first-order chi connectivity index (χ1) is 10.2. The Kier molecular flexibility index (Phi) is 4.10. The van der Waals surface area contributed by atoms with Crippen molar-refractivity contribution < 1.29 is 4.74 Å². The Hall–Kier alpha value is -1.62. The van der Waals surface area contributed by atoms with E-state index in [1.165, 1.54) is 12.8 Å². The monoisotopic (exact) mass is 347 g/mol. The molecular formula is C16H18BrN3O. The zero-order chi connectivity index (χ0) is 14.8. The topological polar surface area (TPSA) is 47.0 Å². The minimum Gasteiger partial charge on any atom is -0.439 e. The number of aryl methyl sites for hydroxylation is 1. The first-order valence-corrected chi connectivity index (χ1v) is 8.02. The zero-order valence-electron chi connectivity index (χ0n) is 12.2. The van der Waals surface area contributed by atoms with Crippen molar-refractivity contribution in [3.05, 3.63) is 40.1 Å². The normalized spacial score (nSPS) is 14.0. The van der Waals surface area contributed by atoms with E-state index in [-0.39, 0.29) is 0 Å². The molecule has 0 saturated heterocycles. The van der Waals surface area contributed by atoms with Gasteiger partial charge in [-0.15, -0.1) is 0 Å². The van der Waals surface area contributed by atoms with Crippen LogP contribution in [0.1, 0.15) is 37.1 Å². The van der Waals surface area contributed by atoms with Crippen LogP contribution in [0.3, 0.4) is 0 Å². The summed E-state index contributed by atoms with van der Waals surface area (Å²) in [5, 5.41) is 3.24. The highest BCUT2D eigenvalue weighted by atomic mass is 79.9. The van der Waals surface area contributed by atoms with Crippen LogP contribution in [0.15, 0.2) is 28.7 Å². The van der Waals surface area contributed by atoms with Gasteiger partial charge in [0.05, 0.1) is 0 Å². The van der Waals surface area contributed by atoms with Crippen LogP contribution >= 0.6 is 15.9 Å². The molecule has 1 aromatic carbocycles. The lowest BCUT2D eigenvalue weighted by Crippen LogP contribution is -2.04. The highest BCUT2D eigenvalue weighted by Crippen LogP contribution is 2.39. The second kappa shape index (κ2) is 6.02. The maximum Gasteiger partial charge on any atom is 0.224 e. The highest BCUT2D eigenvalue weighted by molar-refractivity contribution is 9.10. The summed E-state index contributed by atoms with van der Waals surface area (Å²) in [4.78, 5) is 9.09. The first-order valence-electron chi connectivity index (χ1n) is 7.22. The summed E-state index contributed by atoms with van der Waals surface area (Å²) in [7, 11) is 0. The van der Waals surface area contributed by atoms with Crippen LogP contribution in [0.5, 0.6) is 11.6 Å². The molecule has 1 heterocycles. The lowest BCUT2D eigenvalue weighted by atomic mass is 10.2. The van der Waals surface area contributed by atoms with Crippen molar-refractivity contribution in [3.8, 4) is 11.6 Å². The van der Waals surface area contributed by atoms with Gasteiger partial charge in [-0.1, -0.05) is 15.9 Å². The number of aromatic nitrogens is 2. The number of hydrogen-bond donors (Lipinski definition) is 1. The summed E-state index contributed by atoms with van der Waals surface area (Å²) in [5.41, 5.74) is 1.14. The lowest BCUT2D eigenvalue weighted by Gasteiger charge is -2.10. The van der Waals surface area contributed by atoms with Crippen molar-refractivity contribution >= 4 is 21.7 Å². The molecule has 0 bridgehead atoms. The van der Waals surface area contributed by atoms with Crippen LogP contribution in [-0.4, -0.2) is 16.5 Å². The van der Waals surface area contributed by atoms with E-state index < -0.39 is 0 Å². The third kappa shape index (κ3) is 3.53. The van der Waals surface area contributed by atoms with E-state index in [1.54, 1.807) is 0 Å². The van der Waals surface area contributed by atoms with Gasteiger partial charge in [0, 0.05) is 23.0 Å². The first kappa shape index (κ1) is 14.3. The van der Waals surface area contributed by atoms with Crippen LogP contribution in [-0.2, 0) is 0 Å². The Morgan fingerprint density at radius 3 is 2.76 bits per heavy atom. The minimum absolute atomic E-state index is 0.498. The summed E-state index contributed by atoms with van der Waals surface area (Å²) in [6.45, 7) is 4.92. The molecule has 1 aliphatic rings. The van der Waals surface area contributed by atoms with Gasteiger partial charge >= 0.3 is 0 Å². The largest absolute Gasteiger partial charge is 0.439 e. The molecule has 0 atom stereocenters. The number of halogens is 1. The maximum absolute atomic E-state index is 5.91. The van der Waals surface area contributed by atoms with Crippen molar-refractivity contribution in [2.75, 3.05) is 11.9 Å². The molecule has 0 aliphatic heterocycles. The van der Waals surface area contributed by atoms with E-state index in [2.05, 4.69) is 38.1 Å². The van der Waals surface area contributed by atoms with Crippen molar-refractivity contribution in [2.45, 2.75) is 32.6 Å². The number of nitrogens with zero attached hydrogens (tertiary/aromatic N) is 2. The quantitative estimate of drug-likeness (QED) is 0.854. The van der Waals surface area contributed by atoms with Gasteiger partial charge in [0.25, 0.3) is 0 Å². The van der Waals surface area contributed by atoms with Gasteiger partial charge in [-0.3, -0.25) is 0 Å². The molecular weight excluding hydrogens is 330 g/mol. The van der Waals surface area contributed by atoms with E-state index in [4.69, 9.17) is 4.74 Å². The van der Waals surface area contributed by atoms with Gasteiger partial charge in [0.1, 0.15) is 17.4 Å². The molecule has 3 rings (SSSR count). The average molecular weight is 348 g/mol. The van der Waals surface area contributed by atoms with E-state index in [0.717, 1.165) is 34.0 Å². The van der Waals surface area contributed by atoms with Crippen LogP contribution in [0.4, 0.5) is 5.82 Å². The molecule has 0 unspecified atom stereocenters.